The fourth-order valence-electron chi connectivity index (χ4n) is 4.17. The summed E-state index contributed by atoms with van der Waals surface area (Å²) in [7, 11) is 3.83. The Hall–Kier alpha value is -3.43. The molecule has 10 heteroatoms. The highest BCUT2D eigenvalue weighted by atomic mass is 19.4. The Morgan fingerprint density at radius 3 is 2.35 bits per heavy atom. The predicted octanol–water partition coefficient (Wildman–Crippen LogP) is 5.01. The van der Waals surface area contributed by atoms with Crippen molar-refractivity contribution in [2.45, 2.75) is 43.9 Å². The molecule has 0 spiro atoms. The van der Waals surface area contributed by atoms with Crippen molar-refractivity contribution in [2.75, 3.05) is 24.3 Å². The maximum absolute atomic E-state index is 14.0. The molecule has 0 saturated heterocycles. The fraction of sp³-hybridized carbons (Fsp3) is 0.375. The van der Waals surface area contributed by atoms with Gasteiger partial charge in [0.1, 0.15) is 11.6 Å². The number of amides is 1. The summed E-state index contributed by atoms with van der Waals surface area (Å²) in [5.74, 6) is -0.502. The van der Waals surface area contributed by atoms with Crippen molar-refractivity contribution in [3.8, 4) is 0 Å². The average Bonchev–Trinajstić information content (AvgIpc) is 2.79. The first-order chi connectivity index (χ1) is 16.1. The fourth-order valence-corrected chi connectivity index (χ4v) is 4.17. The number of nitrogens with one attached hydrogen (secondary N) is 2. The largest absolute Gasteiger partial charge is 0.416 e. The molecule has 2 aromatic carbocycles. The first-order valence-electron chi connectivity index (χ1n) is 11.0. The minimum Gasteiger partial charge on any atom is -0.362 e. The van der Waals surface area contributed by atoms with Crippen LogP contribution < -0.4 is 15.5 Å². The minimum absolute atomic E-state index is 0.0784. The van der Waals surface area contributed by atoms with Crippen molar-refractivity contribution in [1.29, 1.82) is 0 Å². The van der Waals surface area contributed by atoms with Gasteiger partial charge in [-0.1, -0.05) is 12.1 Å². The van der Waals surface area contributed by atoms with Gasteiger partial charge in [0, 0.05) is 31.6 Å². The molecule has 2 N–H and O–H groups in total. The minimum atomic E-state index is -4.65. The molecule has 1 heterocycles. The van der Waals surface area contributed by atoms with Crippen LogP contribution in [0.4, 0.5) is 29.3 Å². The second-order valence-electron chi connectivity index (χ2n) is 8.64. The summed E-state index contributed by atoms with van der Waals surface area (Å²) in [5.41, 5.74) is -0.831. The molecule has 0 unspecified atom stereocenters. The number of halogens is 4. The summed E-state index contributed by atoms with van der Waals surface area (Å²) in [6, 6.07) is 9.42. The maximum atomic E-state index is 14.0. The summed E-state index contributed by atoms with van der Waals surface area (Å²) in [4.78, 5) is 23.6. The van der Waals surface area contributed by atoms with Gasteiger partial charge in [0.15, 0.2) is 0 Å². The first-order valence-corrected chi connectivity index (χ1v) is 11.0. The maximum Gasteiger partial charge on any atom is 0.416 e. The van der Waals surface area contributed by atoms with Crippen molar-refractivity contribution < 1.29 is 22.4 Å². The van der Waals surface area contributed by atoms with Crippen LogP contribution in [0.3, 0.4) is 0 Å². The monoisotopic (exact) mass is 475 g/mol. The summed E-state index contributed by atoms with van der Waals surface area (Å²) in [6.07, 6.45) is -2.06. The van der Waals surface area contributed by atoms with Crippen LogP contribution >= 0.6 is 0 Å². The van der Waals surface area contributed by atoms with Gasteiger partial charge in [-0.05, 0) is 56.0 Å². The van der Waals surface area contributed by atoms with Crippen molar-refractivity contribution in [1.82, 2.24) is 15.3 Å². The zero-order chi connectivity index (χ0) is 24.5. The molecule has 1 amide bonds. The number of rotatable bonds is 5. The lowest BCUT2D eigenvalue weighted by Crippen LogP contribution is -2.40. The van der Waals surface area contributed by atoms with Gasteiger partial charge in [-0.15, -0.1) is 0 Å². The highest BCUT2D eigenvalue weighted by Crippen LogP contribution is 2.31. The van der Waals surface area contributed by atoms with Crippen LogP contribution in [-0.4, -0.2) is 42.1 Å². The van der Waals surface area contributed by atoms with Gasteiger partial charge in [-0.3, -0.25) is 4.79 Å². The Labute approximate surface area is 194 Å². The molecule has 34 heavy (non-hydrogen) atoms. The van der Waals surface area contributed by atoms with Gasteiger partial charge in [-0.25, -0.2) is 9.37 Å². The number of alkyl halides is 3. The number of hydrogen-bond acceptors (Lipinski definition) is 5. The van der Waals surface area contributed by atoms with Crippen LogP contribution in [0, 0.1) is 5.82 Å². The third-order valence-electron chi connectivity index (χ3n) is 5.94. The number of benzene rings is 2. The number of hydrogen-bond donors (Lipinski definition) is 2. The second kappa shape index (κ2) is 9.44. The van der Waals surface area contributed by atoms with E-state index < -0.39 is 29.0 Å². The molecule has 1 aromatic heterocycles. The molecule has 1 aliphatic carbocycles. The van der Waals surface area contributed by atoms with Crippen molar-refractivity contribution in [3.63, 3.8) is 0 Å². The smallest absolute Gasteiger partial charge is 0.362 e. The Balaban J connectivity index is 1.38. The third-order valence-corrected chi connectivity index (χ3v) is 5.94. The van der Waals surface area contributed by atoms with Gasteiger partial charge in [0.05, 0.1) is 16.6 Å². The van der Waals surface area contributed by atoms with E-state index in [1.165, 1.54) is 0 Å². The van der Waals surface area contributed by atoms with Crippen molar-refractivity contribution >= 4 is 28.6 Å². The van der Waals surface area contributed by atoms with E-state index in [4.69, 9.17) is 0 Å². The van der Waals surface area contributed by atoms with Gasteiger partial charge >= 0.3 is 6.18 Å². The topological polar surface area (TPSA) is 70.2 Å². The Morgan fingerprint density at radius 1 is 1.00 bits per heavy atom. The van der Waals surface area contributed by atoms with E-state index in [0.29, 0.717) is 49.8 Å². The summed E-state index contributed by atoms with van der Waals surface area (Å²) in [6.45, 7) is 0. The molecule has 4 rings (SSSR count). The van der Waals surface area contributed by atoms with Crippen LogP contribution in [-0.2, 0) is 6.18 Å². The van der Waals surface area contributed by atoms with E-state index >= 15 is 0 Å². The van der Waals surface area contributed by atoms with E-state index in [0.717, 1.165) is 16.7 Å². The molecule has 1 aliphatic rings. The standard InChI is InChI=1S/C24H25F4N5O/c1-33(2)21-17-5-3-4-6-20(17)31-23(32-21)30-16-10-8-15(9-11-16)29-22(34)18-13-14(24(26,27)28)7-12-19(18)25/h3-7,12-13,15-16H,8-11H2,1-2H3,(H,29,34)(H,30,31,32)/t15-,16+. The van der Waals surface area contributed by atoms with Gasteiger partial charge in [0.25, 0.3) is 5.91 Å². The van der Waals surface area contributed by atoms with E-state index in [-0.39, 0.29) is 12.1 Å². The zero-order valence-electron chi connectivity index (χ0n) is 18.8. The van der Waals surface area contributed by atoms with Crippen LogP contribution in [0.5, 0.6) is 0 Å². The summed E-state index contributed by atoms with van der Waals surface area (Å²) in [5, 5.41) is 6.99. The Morgan fingerprint density at radius 2 is 1.68 bits per heavy atom. The van der Waals surface area contributed by atoms with Crippen molar-refractivity contribution in [2.24, 2.45) is 0 Å². The van der Waals surface area contributed by atoms with Crippen molar-refractivity contribution in [3.05, 3.63) is 59.4 Å². The normalized spacial score (nSPS) is 18.5. The molecule has 1 fully saturated rings. The average molecular weight is 475 g/mol. The SMILES string of the molecule is CN(C)c1nc(N[C@H]2CC[C@@H](NC(=O)c3cc(C(F)(F)F)ccc3F)CC2)nc2ccccc12. The Bertz CT molecular complexity index is 1190. The zero-order valence-corrected chi connectivity index (χ0v) is 18.8. The second-order valence-corrected chi connectivity index (χ2v) is 8.64. The molecule has 3 aromatic rings. The highest BCUT2D eigenvalue weighted by Gasteiger charge is 2.32. The Kier molecular flexibility index (Phi) is 6.58. The van der Waals surface area contributed by atoms with Crippen LogP contribution in [0.25, 0.3) is 10.9 Å². The molecule has 0 aliphatic heterocycles. The van der Waals surface area contributed by atoms with Gasteiger partial charge in [0.2, 0.25) is 5.95 Å². The summed E-state index contributed by atoms with van der Waals surface area (Å²) >= 11 is 0. The number of aromatic nitrogens is 2. The quantitative estimate of drug-likeness (QED) is 0.508. The van der Waals surface area contributed by atoms with E-state index in [1.807, 2.05) is 43.3 Å². The van der Waals surface area contributed by atoms with Crippen LogP contribution in [0.1, 0.15) is 41.6 Å². The molecule has 0 atom stereocenters. The molecule has 1 saturated carbocycles. The molecular weight excluding hydrogens is 450 g/mol. The van der Waals surface area contributed by atoms with Gasteiger partial charge in [-0.2, -0.15) is 18.2 Å². The first kappa shape index (κ1) is 23.7. The number of fused-ring (bicyclic) bond motifs is 1. The molecule has 180 valence electrons. The lowest BCUT2D eigenvalue weighted by molar-refractivity contribution is -0.137. The van der Waals surface area contributed by atoms with E-state index in [2.05, 4.69) is 20.6 Å². The molecule has 6 nitrogen and oxygen atoms in total. The van der Waals surface area contributed by atoms with Crippen LogP contribution in [0.15, 0.2) is 42.5 Å². The highest BCUT2D eigenvalue weighted by molar-refractivity contribution is 5.95. The number of nitrogens with zero attached hydrogens (tertiary/aromatic N) is 3. The number of anilines is 2. The van der Waals surface area contributed by atoms with E-state index in [1.54, 1.807) is 0 Å². The van der Waals surface area contributed by atoms with Crippen LogP contribution in [0.2, 0.25) is 0 Å². The third kappa shape index (κ3) is 5.21. The van der Waals surface area contributed by atoms with E-state index in [9.17, 15) is 22.4 Å². The molecule has 0 radical (unpaired) electrons. The lowest BCUT2D eigenvalue weighted by atomic mass is 9.91. The number of para-hydroxylation sites is 1. The molecular formula is C24H25F4N5O. The predicted molar refractivity (Wildman–Crippen MR) is 122 cm³/mol. The molecule has 0 bridgehead atoms. The number of carbonyl (C=O) groups is 1. The number of carbonyl (C=O) groups excluding carboxylic acids is 1. The van der Waals surface area contributed by atoms with Gasteiger partial charge < -0.3 is 15.5 Å². The summed E-state index contributed by atoms with van der Waals surface area (Å²) < 4.78 is 52.8. The lowest BCUT2D eigenvalue weighted by Gasteiger charge is -2.30.